The first-order chi connectivity index (χ1) is 12.0. The van der Waals surface area contributed by atoms with E-state index in [1.54, 1.807) is 0 Å². The van der Waals surface area contributed by atoms with Crippen molar-refractivity contribution < 1.29 is 14.1 Å². The lowest BCUT2D eigenvalue weighted by Gasteiger charge is -2.43. The van der Waals surface area contributed by atoms with E-state index in [1.807, 2.05) is 73.5 Å². The van der Waals surface area contributed by atoms with Gasteiger partial charge in [0.05, 0.1) is 17.4 Å². The maximum absolute atomic E-state index is 12.9. The Morgan fingerprint density at radius 3 is 2.52 bits per heavy atom. The lowest BCUT2D eigenvalue weighted by molar-refractivity contribution is -0.143. The number of nitrogens with zero attached hydrogens (tertiary/aromatic N) is 3. The molecule has 6 nitrogen and oxygen atoms in total. The summed E-state index contributed by atoms with van der Waals surface area (Å²) in [7, 11) is 2.32. The van der Waals surface area contributed by atoms with Crippen molar-refractivity contribution in [2.45, 2.75) is 36.8 Å². The number of amides is 1. The molecule has 0 radical (unpaired) electrons. The number of hydrogen-bond donors (Lipinski definition) is 1. The van der Waals surface area contributed by atoms with E-state index in [0.29, 0.717) is 6.54 Å². The summed E-state index contributed by atoms with van der Waals surface area (Å²) >= 11 is 0. The van der Waals surface area contributed by atoms with E-state index in [2.05, 4.69) is 0 Å². The van der Waals surface area contributed by atoms with Crippen molar-refractivity contribution >= 4 is 16.9 Å². The zero-order valence-electron chi connectivity index (χ0n) is 14.8. The van der Waals surface area contributed by atoms with E-state index >= 15 is 0 Å². The van der Waals surface area contributed by atoms with E-state index in [0.717, 1.165) is 12.0 Å². The highest BCUT2D eigenvalue weighted by Crippen LogP contribution is 2.35. The molecule has 1 aromatic carbocycles. The van der Waals surface area contributed by atoms with Gasteiger partial charge in [-0.15, -0.1) is 0 Å². The van der Waals surface area contributed by atoms with Crippen LogP contribution in [0.1, 0.15) is 25.0 Å². The standard InChI is InChI=1S/C18H25N3O3S/c1-4-12-20-18(23)16-15(25(20)24)11-10-14(21(16)19(2)3)17(22)13-8-6-5-7-9-13/h5-11,14-17,22H,4,12H2,1-3H3/t14-,15-,16+,17-,25?/m0/s1. The molecule has 1 fully saturated rings. The average molecular weight is 363 g/mol. The van der Waals surface area contributed by atoms with Gasteiger partial charge in [0.2, 0.25) is 0 Å². The summed E-state index contributed by atoms with van der Waals surface area (Å²) in [5, 5.41) is 14.2. The topological polar surface area (TPSA) is 64.1 Å². The molecule has 0 bridgehead atoms. The molecule has 1 N–H and O–H groups in total. The van der Waals surface area contributed by atoms with E-state index in [1.165, 1.54) is 4.31 Å². The smallest absolute Gasteiger partial charge is 0.254 e. The molecular weight excluding hydrogens is 338 g/mol. The molecule has 1 saturated heterocycles. The fourth-order valence-electron chi connectivity index (χ4n) is 3.58. The van der Waals surface area contributed by atoms with Crippen molar-refractivity contribution in [1.82, 2.24) is 14.3 Å². The van der Waals surface area contributed by atoms with E-state index in [4.69, 9.17) is 0 Å². The molecule has 0 aromatic heterocycles. The number of carbonyl (C=O) groups excluding carboxylic acids is 1. The monoisotopic (exact) mass is 363 g/mol. The Labute approximate surface area is 151 Å². The summed E-state index contributed by atoms with van der Waals surface area (Å²) in [5.41, 5.74) is 0.791. The SMILES string of the molecule is CCCN1C(=O)[C@H]2[C@H](C=C[C@@H]([C@@H](O)c3ccccc3)N2N(C)C)S1=O. The Kier molecular flexibility index (Phi) is 5.38. The molecule has 1 aromatic rings. The van der Waals surface area contributed by atoms with Gasteiger partial charge >= 0.3 is 0 Å². The van der Waals surface area contributed by atoms with Gasteiger partial charge < -0.3 is 5.11 Å². The zero-order valence-corrected chi connectivity index (χ0v) is 15.6. The predicted molar refractivity (Wildman–Crippen MR) is 97.6 cm³/mol. The normalized spacial score (nSPS) is 30.8. The lowest BCUT2D eigenvalue weighted by atomic mass is 9.95. The highest BCUT2D eigenvalue weighted by molar-refractivity contribution is 7.84. The molecule has 2 aliphatic heterocycles. The largest absolute Gasteiger partial charge is 0.386 e. The third-order valence-electron chi connectivity index (χ3n) is 4.70. The van der Waals surface area contributed by atoms with E-state index in [9.17, 15) is 14.1 Å². The van der Waals surface area contributed by atoms with Crippen LogP contribution in [0, 0.1) is 0 Å². The number of aliphatic hydroxyl groups is 1. The van der Waals surface area contributed by atoms with Crippen LogP contribution in [-0.4, -0.2) is 67.5 Å². The van der Waals surface area contributed by atoms with Crippen LogP contribution in [0.25, 0.3) is 0 Å². The molecule has 5 atom stereocenters. The molecule has 1 unspecified atom stereocenters. The molecular formula is C18H25N3O3S. The Morgan fingerprint density at radius 2 is 1.92 bits per heavy atom. The Bertz CT molecular complexity index is 679. The fraction of sp³-hybridized carbons (Fsp3) is 0.500. The number of carbonyl (C=O) groups is 1. The number of hydrogen-bond acceptors (Lipinski definition) is 5. The number of benzene rings is 1. The quantitative estimate of drug-likeness (QED) is 0.794. The molecule has 2 heterocycles. The summed E-state index contributed by atoms with van der Waals surface area (Å²) < 4.78 is 14.2. The Morgan fingerprint density at radius 1 is 1.24 bits per heavy atom. The first kappa shape index (κ1) is 18.3. The van der Waals surface area contributed by atoms with E-state index < -0.39 is 23.1 Å². The van der Waals surface area contributed by atoms with Gasteiger partial charge in [0.15, 0.2) is 0 Å². The molecule has 2 aliphatic rings. The van der Waals surface area contributed by atoms with E-state index in [-0.39, 0.29) is 17.2 Å². The summed E-state index contributed by atoms with van der Waals surface area (Å²) in [6.45, 7) is 2.45. The average Bonchev–Trinajstić information content (AvgIpc) is 2.86. The van der Waals surface area contributed by atoms with Crippen LogP contribution in [-0.2, 0) is 15.8 Å². The fourth-order valence-corrected chi connectivity index (χ4v) is 5.21. The van der Waals surface area contributed by atoms with Crippen LogP contribution < -0.4 is 0 Å². The molecule has 0 spiro atoms. The van der Waals surface area contributed by atoms with Crippen molar-refractivity contribution in [1.29, 1.82) is 0 Å². The third kappa shape index (κ3) is 3.17. The van der Waals surface area contributed by atoms with Crippen molar-refractivity contribution in [2.75, 3.05) is 20.6 Å². The van der Waals surface area contributed by atoms with Gasteiger partial charge in [-0.2, -0.15) is 0 Å². The number of rotatable bonds is 5. The summed E-state index contributed by atoms with van der Waals surface area (Å²) in [6, 6.07) is 8.47. The lowest BCUT2D eigenvalue weighted by Crippen LogP contribution is -2.59. The number of hydrazine groups is 1. The highest BCUT2D eigenvalue weighted by atomic mass is 32.2. The molecule has 0 saturated carbocycles. The Balaban J connectivity index is 1.96. The number of aliphatic hydroxyl groups excluding tert-OH is 1. The van der Waals surface area contributed by atoms with Crippen LogP contribution in [0.2, 0.25) is 0 Å². The van der Waals surface area contributed by atoms with Crippen LogP contribution in [0.5, 0.6) is 0 Å². The number of fused-ring (bicyclic) bond motifs is 1. The van der Waals surface area contributed by atoms with Crippen molar-refractivity contribution in [3.05, 3.63) is 48.0 Å². The van der Waals surface area contributed by atoms with Crippen LogP contribution in [0.4, 0.5) is 0 Å². The molecule has 25 heavy (non-hydrogen) atoms. The first-order valence-corrected chi connectivity index (χ1v) is 9.73. The van der Waals surface area contributed by atoms with Gasteiger partial charge in [0.25, 0.3) is 5.91 Å². The van der Waals surface area contributed by atoms with Gasteiger partial charge in [0, 0.05) is 20.6 Å². The van der Waals surface area contributed by atoms with Gasteiger partial charge in [-0.1, -0.05) is 49.4 Å². The maximum Gasteiger partial charge on any atom is 0.254 e. The van der Waals surface area contributed by atoms with Crippen LogP contribution in [0.15, 0.2) is 42.5 Å². The third-order valence-corrected chi connectivity index (χ3v) is 6.38. The molecule has 7 heteroatoms. The second-order valence-corrected chi connectivity index (χ2v) is 8.12. The van der Waals surface area contributed by atoms with Gasteiger partial charge in [0.1, 0.15) is 17.0 Å². The summed E-state index contributed by atoms with van der Waals surface area (Å²) in [5.74, 6) is -0.131. The maximum atomic E-state index is 12.9. The van der Waals surface area contributed by atoms with Crippen molar-refractivity contribution in [2.24, 2.45) is 0 Å². The van der Waals surface area contributed by atoms with Crippen molar-refractivity contribution in [3.63, 3.8) is 0 Å². The molecule has 136 valence electrons. The summed E-state index contributed by atoms with van der Waals surface area (Å²) in [6.07, 6.45) is 3.70. The molecule has 0 aliphatic carbocycles. The minimum absolute atomic E-state index is 0.131. The second-order valence-electron chi connectivity index (χ2n) is 6.58. The zero-order chi connectivity index (χ0) is 18.1. The Hall–Kier alpha value is -1.54. The van der Waals surface area contributed by atoms with Crippen LogP contribution >= 0.6 is 0 Å². The summed E-state index contributed by atoms with van der Waals surface area (Å²) in [4.78, 5) is 12.9. The molecule has 3 rings (SSSR count). The highest BCUT2D eigenvalue weighted by Gasteiger charge is 2.53. The second kappa shape index (κ2) is 7.37. The van der Waals surface area contributed by atoms with Crippen molar-refractivity contribution in [3.8, 4) is 0 Å². The van der Waals surface area contributed by atoms with Crippen LogP contribution in [0.3, 0.4) is 0 Å². The first-order valence-electron chi connectivity index (χ1n) is 8.56. The van der Waals surface area contributed by atoms with Gasteiger partial charge in [-0.05, 0) is 12.0 Å². The van der Waals surface area contributed by atoms with Gasteiger partial charge in [-0.25, -0.2) is 14.2 Å². The van der Waals surface area contributed by atoms with Gasteiger partial charge in [-0.3, -0.25) is 9.10 Å². The minimum Gasteiger partial charge on any atom is -0.386 e. The minimum atomic E-state index is -1.37. The predicted octanol–water partition coefficient (Wildman–Crippen LogP) is 1.09. The molecule has 1 amide bonds.